The first-order chi connectivity index (χ1) is 12.6. The minimum absolute atomic E-state index is 0.470. The van der Waals surface area contributed by atoms with E-state index in [9.17, 15) is 4.79 Å². The van der Waals surface area contributed by atoms with Crippen molar-refractivity contribution in [2.45, 2.75) is 89.4 Å². The number of carbonyl (C=O) groups is 1. The average molecular weight is 459 g/mol. The van der Waals surface area contributed by atoms with E-state index in [-0.39, 0.29) is 0 Å². The molecule has 3 nitrogen and oxygen atoms in total. The molecule has 0 rings (SSSR count). The van der Waals surface area contributed by atoms with Gasteiger partial charge >= 0.3 is 6.16 Å². The lowest BCUT2D eigenvalue weighted by Gasteiger charge is -2.26. The number of carbonyl (C=O) groups excluding carboxylic acids is 1. The second-order valence-corrected chi connectivity index (χ2v) is 31.3. The van der Waals surface area contributed by atoms with Crippen molar-refractivity contribution in [2.75, 3.05) is 12.5 Å². The molecule has 0 aliphatic rings. The minimum atomic E-state index is -1.53. The number of hydrogen-bond donors (Lipinski definition) is 0. The van der Waals surface area contributed by atoms with Crippen molar-refractivity contribution < 1.29 is 14.3 Å². The van der Waals surface area contributed by atoms with Gasteiger partial charge in [0.1, 0.15) is 0 Å². The molecule has 0 radical (unpaired) electrons. The maximum absolute atomic E-state index is 12.1. The van der Waals surface area contributed by atoms with Gasteiger partial charge in [-0.1, -0.05) is 89.4 Å². The molecule has 0 heterocycles. The summed E-state index contributed by atoms with van der Waals surface area (Å²) in [6, 6.07) is 4.91. The van der Waals surface area contributed by atoms with Gasteiger partial charge in [-0.05, 0) is 0 Å². The fourth-order valence-corrected chi connectivity index (χ4v) is 9.81. The van der Waals surface area contributed by atoms with Crippen LogP contribution in [0.4, 0.5) is 4.79 Å². The highest BCUT2D eigenvalue weighted by Gasteiger charge is 2.28. The van der Waals surface area contributed by atoms with Gasteiger partial charge < -0.3 is 9.47 Å². The van der Waals surface area contributed by atoms with E-state index in [2.05, 4.69) is 76.9 Å². The quantitative estimate of drug-likeness (QED) is 0.202. The zero-order valence-electron chi connectivity index (χ0n) is 20.0. The lowest BCUT2D eigenvalue weighted by molar-refractivity contribution is 0.0776. The summed E-state index contributed by atoms with van der Waals surface area (Å²) in [5, 5.41) is 0. The lowest BCUT2D eigenvalue weighted by Crippen LogP contribution is -2.37. The van der Waals surface area contributed by atoms with Crippen molar-refractivity contribution in [3.8, 4) is 0 Å². The summed E-state index contributed by atoms with van der Waals surface area (Å²) >= 11 is 0. The summed E-state index contributed by atoms with van der Waals surface area (Å²) in [5.41, 5.74) is 4.34. The molecule has 0 amide bonds. The molecule has 0 aromatic carbocycles. The van der Waals surface area contributed by atoms with Crippen LogP contribution in [0, 0.1) is 0 Å². The SMILES string of the molecule is C=C[Si](C)(C)CCC[Si](C)(C)COC(=O)OC[Si](C)(C)CCC[Si](C)(C)C=C. The van der Waals surface area contributed by atoms with E-state index >= 15 is 0 Å². The van der Waals surface area contributed by atoms with Crippen molar-refractivity contribution >= 4 is 38.5 Å². The monoisotopic (exact) mass is 458 g/mol. The fourth-order valence-electron chi connectivity index (χ4n) is 2.94. The summed E-state index contributed by atoms with van der Waals surface area (Å²) in [7, 11) is -5.51. The Morgan fingerprint density at radius 3 is 1.29 bits per heavy atom. The van der Waals surface area contributed by atoms with Crippen LogP contribution in [0.5, 0.6) is 0 Å². The van der Waals surface area contributed by atoms with E-state index in [0.717, 1.165) is 0 Å². The topological polar surface area (TPSA) is 35.5 Å². The number of rotatable bonds is 14. The van der Waals surface area contributed by atoms with Gasteiger partial charge in [0.15, 0.2) is 0 Å². The van der Waals surface area contributed by atoms with Gasteiger partial charge in [-0.2, -0.15) is 0 Å². The van der Waals surface area contributed by atoms with Crippen molar-refractivity contribution in [3.05, 3.63) is 24.6 Å². The van der Waals surface area contributed by atoms with E-state index in [1.54, 1.807) is 0 Å². The molecule has 0 spiro atoms. The Kier molecular flexibility index (Phi) is 11.6. The third kappa shape index (κ3) is 13.7. The third-order valence-corrected chi connectivity index (χ3v) is 16.4. The van der Waals surface area contributed by atoms with Crippen molar-refractivity contribution in [1.82, 2.24) is 0 Å². The summed E-state index contributed by atoms with van der Waals surface area (Å²) in [5.74, 6) is 0. The van der Waals surface area contributed by atoms with Gasteiger partial charge in [0, 0.05) is 0 Å². The van der Waals surface area contributed by atoms with Crippen LogP contribution < -0.4 is 0 Å². The second kappa shape index (κ2) is 11.7. The molecule has 0 aliphatic heterocycles. The van der Waals surface area contributed by atoms with E-state index in [1.165, 1.54) is 37.0 Å². The highest BCUT2D eigenvalue weighted by molar-refractivity contribution is 6.83. The first kappa shape index (κ1) is 27.6. The van der Waals surface area contributed by atoms with E-state index in [1.807, 2.05) is 0 Å². The largest absolute Gasteiger partial charge is 0.507 e. The van der Waals surface area contributed by atoms with E-state index in [4.69, 9.17) is 9.47 Å². The van der Waals surface area contributed by atoms with Crippen LogP contribution >= 0.6 is 0 Å². The van der Waals surface area contributed by atoms with Gasteiger partial charge in [-0.3, -0.25) is 0 Å². The first-order valence-corrected chi connectivity index (χ1v) is 24.1. The zero-order chi connectivity index (χ0) is 22.1. The normalized spacial score (nSPS) is 13.1. The highest BCUT2D eigenvalue weighted by Crippen LogP contribution is 2.22. The lowest BCUT2D eigenvalue weighted by atomic mass is 10.6. The summed E-state index contributed by atoms with van der Waals surface area (Å²) < 4.78 is 11.0. The molecule has 0 unspecified atom stereocenters. The van der Waals surface area contributed by atoms with E-state index in [0.29, 0.717) is 12.5 Å². The van der Waals surface area contributed by atoms with Crippen LogP contribution in [0.15, 0.2) is 24.6 Å². The van der Waals surface area contributed by atoms with Crippen LogP contribution in [-0.2, 0) is 9.47 Å². The molecular formula is C21H46O3Si4. The maximum atomic E-state index is 12.1. The average Bonchev–Trinajstić information content (AvgIpc) is 2.57. The Balaban J connectivity index is 4.18. The standard InChI is InChI=1S/C21H46O3Si4/c1-11-25(3,4)15-13-17-27(7,8)19-23-21(22)24-20-28(9,10)18-14-16-26(5,6)12-2/h11-12H,1-2,13-20H2,3-10H3. The molecule has 0 aromatic heterocycles. The zero-order valence-corrected chi connectivity index (χ0v) is 24.0. The molecule has 164 valence electrons. The molecule has 28 heavy (non-hydrogen) atoms. The molecule has 7 heteroatoms. The summed E-state index contributed by atoms with van der Waals surface area (Å²) in [6.45, 7) is 26.6. The molecule has 0 bridgehead atoms. The van der Waals surface area contributed by atoms with Crippen molar-refractivity contribution in [1.29, 1.82) is 0 Å². The third-order valence-electron chi connectivity index (χ3n) is 5.62. The minimum Gasteiger partial charge on any atom is -0.438 e. The first-order valence-electron chi connectivity index (χ1n) is 10.7. The molecule has 0 aliphatic carbocycles. The maximum Gasteiger partial charge on any atom is 0.507 e. The van der Waals surface area contributed by atoms with Crippen LogP contribution in [0.3, 0.4) is 0 Å². The Labute approximate surface area is 179 Å². The van der Waals surface area contributed by atoms with Gasteiger partial charge in [0.05, 0.1) is 44.8 Å². The fraction of sp³-hybridized carbons (Fsp3) is 0.762. The van der Waals surface area contributed by atoms with Crippen molar-refractivity contribution in [2.24, 2.45) is 0 Å². The highest BCUT2D eigenvalue weighted by atomic mass is 28.3. The predicted molar refractivity (Wildman–Crippen MR) is 136 cm³/mol. The van der Waals surface area contributed by atoms with Gasteiger partial charge in [-0.15, -0.1) is 24.6 Å². The summed E-state index contributed by atoms with van der Waals surface area (Å²) in [4.78, 5) is 12.1. The molecule has 0 fully saturated rings. The predicted octanol–water partition coefficient (Wildman–Crippen LogP) is 7.28. The van der Waals surface area contributed by atoms with Crippen LogP contribution in [0.25, 0.3) is 0 Å². The van der Waals surface area contributed by atoms with Crippen molar-refractivity contribution in [3.63, 3.8) is 0 Å². The molecule has 0 saturated heterocycles. The van der Waals surface area contributed by atoms with Gasteiger partial charge in [-0.25, -0.2) is 4.79 Å². The molecule has 0 saturated carbocycles. The second-order valence-electron chi connectivity index (χ2n) is 11.2. The van der Waals surface area contributed by atoms with E-state index < -0.39 is 38.5 Å². The Hall–Kier alpha value is -0.382. The van der Waals surface area contributed by atoms with Crippen LogP contribution in [-0.4, -0.2) is 50.9 Å². The van der Waals surface area contributed by atoms with Gasteiger partial charge in [0.25, 0.3) is 0 Å². The molecule has 0 N–H and O–H groups in total. The summed E-state index contributed by atoms with van der Waals surface area (Å²) in [6.07, 6.45) is 3.08. The Morgan fingerprint density at radius 1 is 0.679 bits per heavy atom. The molecule has 0 atom stereocenters. The molecular weight excluding hydrogens is 413 g/mol. The number of ether oxygens (including phenoxy) is 2. The Bertz CT molecular complexity index is 470. The molecule has 0 aromatic rings. The van der Waals surface area contributed by atoms with Gasteiger partial charge in [0.2, 0.25) is 0 Å². The smallest absolute Gasteiger partial charge is 0.438 e. The number of hydrogen-bond acceptors (Lipinski definition) is 3. The van der Waals surface area contributed by atoms with Crippen LogP contribution in [0.1, 0.15) is 12.8 Å². The van der Waals surface area contributed by atoms with Crippen LogP contribution in [0.2, 0.25) is 76.6 Å². The Morgan fingerprint density at radius 2 is 1.00 bits per heavy atom.